The predicted octanol–water partition coefficient (Wildman–Crippen LogP) is 3.57. The van der Waals surface area contributed by atoms with E-state index in [0.717, 1.165) is 16.9 Å². The zero-order valence-corrected chi connectivity index (χ0v) is 12.6. The first-order chi connectivity index (χ1) is 9.85. The van der Waals surface area contributed by atoms with Gasteiger partial charge in [-0.25, -0.2) is 4.39 Å². The highest BCUT2D eigenvalue weighted by Crippen LogP contribution is 2.26. The molecule has 2 rings (SSSR count). The number of anilines is 1. The molecule has 0 saturated heterocycles. The highest BCUT2D eigenvalue weighted by atomic mass is 19.1. The second-order valence-electron chi connectivity index (χ2n) is 5.14. The lowest BCUT2D eigenvalue weighted by Gasteiger charge is -2.11. The van der Waals surface area contributed by atoms with E-state index in [-0.39, 0.29) is 17.0 Å². The smallest absolute Gasteiger partial charge is 0.193 e. The van der Waals surface area contributed by atoms with E-state index >= 15 is 0 Å². The molecule has 3 nitrogen and oxygen atoms in total. The number of halogens is 1. The van der Waals surface area contributed by atoms with Gasteiger partial charge in [0.2, 0.25) is 0 Å². The minimum absolute atomic E-state index is 0.250. The molecule has 21 heavy (non-hydrogen) atoms. The van der Waals surface area contributed by atoms with Crippen molar-refractivity contribution < 1.29 is 13.9 Å². The van der Waals surface area contributed by atoms with Crippen LogP contribution in [0.5, 0.6) is 5.75 Å². The Hall–Kier alpha value is -2.36. The van der Waals surface area contributed by atoms with Crippen LogP contribution in [0.2, 0.25) is 0 Å². The van der Waals surface area contributed by atoms with Crippen LogP contribution < -0.4 is 10.5 Å². The van der Waals surface area contributed by atoms with Crippen LogP contribution >= 0.6 is 0 Å². The van der Waals surface area contributed by atoms with Gasteiger partial charge >= 0.3 is 0 Å². The molecule has 0 amide bonds. The number of aryl methyl sites for hydroxylation is 2. The monoisotopic (exact) mass is 287 g/mol. The molecule has 0 aliphatic heterocycles. The van der Waals surface area contributed by atoms with Crippen LogP contribution in [0.3, 0.4) is 0 Å². The zero-order valence-electron chi connectivity index (χ0n) is 12.6. The summed E-state index contributed by atoms with van der Waals surface area (Å²) in [5, 5.41) is 0. The van der Waals surface area contributed by atoms with E-state index < -0.39 is 5.82 Å². The van der Waals surface area contributed by atoms with Crippen LogP contribution in [-0.2, 0) is 0 Å². The Morgan fingerprint density at radius 2 is 1.57 bits per heavy atom. The standard InChI is InChI=1S/C17H18FNO2/c1-9-5-12(6-10(2)17(9)21-4)16(20)13-7-14(18)11(3)15(19)8-13/h5-8H,19H2,1-4H3. The molecule has 0 saturated carbocycles. The summed E-state index contributed by atoms with van der Waals surface area (Å²) in [5.41, 5.74) is 8.83. The van der Waals surface area contributed by atoms with Gasteiger partial charge in [-0.15, -0.1) is 0 Å². The topological polar surface area (TPSA) is 52.3 Å². The minimum Gasteiger partial charge on any atom is -0.496 e. The van der Waals surface area contributed by atoms with E-state index in [0.29, 0.717) is 11.1 Å². The SMILES string of the molecule is COc1c(C)cc(C(=O)c2cc(N)c(C)c(F)c2)cc1C. The van der Waals surface area contributed by atoms with Gasteiger partial charge in [0.05, 0.1) is 7.11 Å². The van der Waals surface area contributed by atoms with Crippen LogP contribution in [0.1, 0.15) is 32.6 Å². The number of carbonyl (C=O) groups excluding carboxylic acids is 1. The largest absolute Gasteiger partial charge is 0.496 e. The average molecular weight is 287 g/mol. The van der Waals surface area contributed by atoms with Gasteiger partial charge < -0.3 is 10.5 Å². The summed E-state index contributed by atoms with van der Waals surface area (Å²) in [5.74, 6) is 0.0240. The lowest BCUT2D eigenvalue weighted by Crippen LogP contribution is -2.06. The third-order valence-corrected chi connectivity index (χ3v) is 3.57. The van der Waals surface area contributed by atoms with Crippen molar-refractivity contribution in [1.82, 2.24) is 0 Å². The number of methoxy groups -OCH3 is 1. The Balaban J connectivity index is 2.50. The Kier molecular flexibility index (Phi) is 3.98. The van der Waals surface area contributed by atoms with Crippen LogP contribution in [0.15, 0.2) is 24.3 Å². The van der Waals surface area contributed by atoms with Crippen molar-refractivity contribution in [3.05, 3.63) is 57.9 Å². The lowest BCUT2D eigenvalue weighted by molar-refractivity contribution is 0.103. The fourth-order valence-electron chi connectivity index (χ4n) is 2.40. The molecule has 0 aliphatic carbocycles. The van der Waals surface area contributed by atoms with Gasteiger partial charge in [-0.1, -0.05) is 0 Å². The number of ketones is 1. The molecule has 2 aromatic carbocycles. The van der Waals surface area contributed by atoms with Gasteiger partial charge in [0, 0.05) is 22.4 Å². The molecule has 110 valence electrons. The normalized spacial score (nSPS) is 10.5. The molecule has 4 heteroatoms. The second-order valence-corrected chi connectivity index (χ2v) is 5.14. The maximum absolute atomic E-state index is 13.7. The number of nitrogens with two attached hydrogens (primary N) is 1. The molecule has 0 aliphatic rings. The van der Waals surface area contributed by atoms with Gasteiger partial charge in [-0.05, 0) is 56.2 Å². The maximum Gasteiger partial charge on any atom is 0.193 e. The number of carbonyl (C=O) groups is 1. The van der Waals surface area contributed by atoms with Gasteiger partial charge in [0.1, 0.15) is 11.6 Å². The molecule has 0 radical (unpaired) electrons. The third kappa shape index (κ3) is 2.75. The van der Waals surface area contributed by atoms with E-state index in [9.17, 15) is 9.18 Å². The number of rotatable bonds is 3. The van der Waals surface area contributed by atoms with Crippen LogP contribution in [0.25, 0.3) is 0 Å². The molecule has 2 aromatic rings. The summed E-state index contributed by atoms with van der Waals surface area (Å²) in [6.45, 7) is 5.32. The van der Waals surface area contributed by atoms with E-state index in [1.54, 1.807) is 26.2 Å². The molecule has 0 fully saturated rings. The second kappa shape index (κ2) is 5.56. The summed E-state index contributed by atoms with van der Waals surface area (Å²) in [7, 11) is 1.59. The molecule has 0 heterocycles. The van der Waals surface area contributed by atoms with Gasteiger partial charge in [0.15, 0.2) is 5.78 Å². The van der Waals surface area contributed by atoms with Crippen LogP contribution in [-0.4, -0.2) is 12.9 Å². The fraction of sp³-hybridized carbons (Fsp3) is 0.235. The quantitative estimate of drug-likeness (QED) is 0.693. The lowest BCUT2D eigenvalue weighted by atomic mass is 9.97. The van der Waals surface area contributed by atoms with Crippen molar-refractivity contribution in [1.29, 1.82) is 0 Å². The highest BCUT2D eigenvalue weighted by molar-refractivity contribution is 6.09. The first-order valence-electron chi connectivity index (χ1n) is 6.60. The van der Waals surface area contributed by atoms with Crippen molar-refractivity contribution in [2.75, 3.05) is 12.8 Å². The van der Waals surface area contributed by atoms with Gasteiger partial charge in [-0.2, -0.15) is 0 Å². The molecule has 0 unspecified atom stereocenters. The van der Waals surface area contributed by atoms with Crippen molar-refractivity contribution in [3.8, 4) is 5.75 Å². The minimum atomic E-state index is -0.472. The van der Waals surface area contributed by atoms with E-state index in [4.69, 9.17) is 10.5 Å². The Morgan fingerprint density at radius 3 is 2.05 bits per heavy atom. The van der Waals surface area contributed by atoms with E-state index in [1.165, 1.54) is 12.1 Å². The Bertz CT molecular complexity index is 677. The number of hydrogen-bond donors (Lipinski definition) is 1. The summed E-state index contributed by atoms with van der Waals surface area (Å²) in [6, 6.07) is 6.21. The van der Waals surface area contributed by atoms with Crippen molar-refractivity contribution in [2.45, 2.75) is 20.8 Å². The Labute approximate surface area is 123 Å². The Morgan fingerprint density at radius 1 is 1.05 bits per heavy atom. The van der Waals surface area contributed by atoms with Crippen molar-refractivity contribution >= 4 is 11.5 Å². The number of hydrogen-bond acceptors (Lipinski definition) is 3. The molecule has 2 N–H and O–H groups in total. The first-order valence-corrected chi connectivity index (χ1v) is 6.60. The van der Waals surface area contributed by atoms with Crippen molar-refractivity contribution in [3.63, 3.8) is 0 Å². The van der Waals surface area contributed by atoms with Gasteiger partial charge in [-0.3, -0.25) is 4.79 Å². The summed E-state index contributed by atoms with van der Waals surface area (Å²) < 4.78 is 19.0. The van der Waals surface area contributed by atoms with E-state index in [1.807, 2.05) is 13.8 Å². The predicted molar refractivity (Wildman–Crippen MR) is 81.4 cm³/mol. The molecular formula is C17H18FNO2. The summed E-state index contributed by atoms with van der Waals surface area (Å²) in [4.78, 5) is 12.5. The van der Waals surface area contributed by atoms with Crippen LogP contribution in [0.4, 0.5) is 10.1 Å². The first kappa shape index (κ1) is 15.0. The fourth-order valence-corrected chi connectivity index (χ4v) is 2.40. The van der Waals surface area contributed by atoms with Crippen LogP contribution in [0, 0.1) is 26.6 Å². The molecule has 0 aromatic heterocycles. The molecule has 0 bridgehead atoms. The number of nitrogen functional groups attached to an aromatic ring is 1. The summed E-state index contributed by atoms with van der Waals surface area (Å²) >= 11 is 0. The average Bonchev–Trinajstić information content (AvgIpc) is 2.43. The summed E-state index contributed by atoms with van der Waals surface area (Å²) in [6.07, 6.45) is 0. The highest BCUT2D eigenvalue weighted by Gasteiger charge is 2.15. The van der Waals surface area contributed by atoms with Crippen molar-refractivity contribution in [2.24, 2.45) is 0 Å². The maximum atomic E-state index is 13.7. The zero-order chi connectivity index (χ0) is 15.7. The number of benzene rings is 2. The molecule has 0 spiro atoms. The third-order valence-electron chi connectivity index (χ3n) is 3.57. The van der Waals surface area contributed by atoms with Gasteiger partial charge in [0.25, 0.3) is 0 Å². The number of ether oxygens (including phenoxy) is 1. The molecular weight excluding hydrogens is 269 g/mol. The molecule has 0 atom stereocenters. The van der Waals surface area contributed by atoms with E-state index in [2.05, 4.69) is 0 Å².